The van der Waals surface area contributed by atoms with Crippen molar-refractivity contribution in [3.05, 3.63) is 28.8 Å². The zero-order valence-electron chi connectivity index (χ0n) is 10.6. The highest BCUT2D eigenvalue weighted by molar-refractivity contribution is 6.31. The quantitative estimate of drug-likeness (QED) is 0.864. The molecule has 0 saturated heterocycles. The van der Waals surface area contributed by atoms with Gasteiger partial charge in [0.05, 0.1) is 5.92 Å². The van der Waals surface area contributed by atoms with E-state index in [0.717, 1.165) is 36.9 Å². The van der Waals surface area contributed by atoms with Crippen LogP contribution in [0.4, 0.5) is 5.69 Å². The highest BCUT2D eigenvalue weighted by Crippen LogP contribution is 2.25. The molecule has 1 aliphatic rings. The molecule has 1 aliphatic carbocycles. The van der Waals surface area contributed by atoms with Crippen LogP contribution >= 0.6 is 11.6 Å². The summed E-state index contributed by atoms with van der Waals surface area (Å²) in [5.41, 5.74) is 7.75. The fourth-order valence-electron chi connectivity index (χ4n) is 2.39. The number of carbonyl (C=O) groups excluding carboxylic acids is 1. The maximum atomic E-state index is 12.1. The molecule has 1 amide bonds. The Hall–Kier alpha value is -1.06. The molecule has 18 heavy (non-hydrogen) atoms. The average molecular weight is 267 g/mol. The topological polar surface area (TPSA) is 55.1 Å². The smallest absolute Gasteiger partial charge is 0.229 e. The van der Waals surface area contributed by atoms with E-state index in [9.17, 15) is 4.79 Å². The third-order valence-electron chi connectivity index (χ3n) is 3.60. The summed E-state index contributed by atoms with van der Waals surface area (Å²) in [7, 11) is 0. The maximum absolute atomic E-state index is 12.1. The molecule has 0 aliphatic heterocycles. The van der Waals surface area contributed by atoms with Crippen molar-refractivity contribution >= 4 is 23.2 Å². The fraction of sp³-hybridized carbons (Fsp3) is 0.500. The number of nitrogens with two attached hydrogens (primary N) is 1. The molecule has 98 valence electrons. The van der Waals surface area contributed by atoms with E-state index < -0.39 is 0 Å². The summed E-state index contributed by atoms with van der Waals surface area (Å²) in [4.78, 5) is 12.1. The molecule has 0 heterocycles. The van der Waals surface area contributed by atoms with Crippen LogP contribution < -0.4 is 11.1 Å². The molecule has 2 atom stereocenters. The van der Waals surface area contributed by atoms with E-state index in [0.29, 0.717) is 5.02 Å². The summed E-state index contributed by atoms with van der Waals surface area (Å²) in [5.74, 6) is -0.0547. The molecule has 0 spiro atoms. The number of amides is 1. The summed E-state index contributed by atoms with van der Waals surface area (Å²) in [6.45, 7) is 1.94. The number of carbonyl (C=O) groups is 1. The van der Waals surface area contributed by atoms with E-state index in [1.54, 1.807) is 6.07 Å². The van der Waals surface area contributed by atoms with Crippen molar-refractivity contribution in [1.82, 2.24) is 0 Å². The Morgan fingerprint density at radius 3 is 2.78 bits per heavy atom. The molecular formula is C14H19ClN2O. The molecular weight excluding hydrogens is 248 g/mol. The summed E-state index contributed by atoms with van der Waals surface area (Å²) in [6, 6.07) is 5.54. The molecule has 1 aromatic rings. The van der Waals surface area contributed by atoms with Crippen LogP contribution in [0.5, 0.6) is 0 Å². The van der Waals surface area contributed by atoms with E-state index in [4.69, 9.17) is 17.3 Å². The first kappa shape index (κ1) is 13.4. The lowest BCUT2D eigenvalue weighted by Crippen LogP contribution is -2.40. The summed E-state index contributed by atoms with van der Waals surface area (Å²) >= 11 is 6.04. The largest absolute Gasteiger partial charge is 0.327 e. The van der Waals surface area contributed by atoms with Gasteiger partial charge in [0.25, 0.3) is 0 Å². The van der Waals surface area contributed by atoms with Crippen molar-refractivity contribution in [2.45, 2.75) is 38.6 Å². The second kappa shape index (κ2) is 5.72. The predicted molar refractivity (Wildman–Crippen MR) is 74.8 cm³/mol. The van der Waals surface area contributed by atoms with Crippen LogP contribution in [0.3, 0.4) is 0 Å². The number of hydrogen-bond acceptors (Lipinski definition) is 2. The van der Waals surface area contributed by atoms with Crippen LogP contribution in [0.1, 0.15) is 31.2 Å². The first-order chi connectivity index (χ1) is 8.58. The van der Waals surface area contributed by atoms with Crippen LogP contribution in [0.15, 0.2) is 18.2 Å². The van der Waals surface area contributed by atoms with Crippen LogP contribution in [0.2, 0.25) is 5.02 Å². The SMILES string of the molecule is Cc1ccc(NC(=O)C2CCCCC2N)cc1Cl. The number of benzene rings is 1. The van der Waals surface area contributed by atoms with Crippen LogP contribution in [0, 0.1) is 12.8 Å². The van der Waals surface area contributed by atoms with E-state index in [-0.39, 0.29) is 17.9 Å². The summed E-state index contributed by atoms with van der Waals surface area (Å²) in [6.07, 6.45) is 4.03. The normalized spacial score (nSPS) is 23.7. The van der Waals surface area contributed by atoms with Crippen molar-refractivity contribution in [3.63, 3.8) is 0 Å². The second-order valence-corrected chi connectivity index (χ2v) is 5.42. The second-order valence-electron chi connectivity index (χ2n) is 5.01. The minimum absolute atomic E-state index is 0.0142. The Labute approximate surface area is 113 Å². The van der Waals surface area contributed by atoms with Gasteiger partial charge in [0.1, 0.15) is 0 Å². The van der Waals surface area contributed by atoms with E-state index in [1.165, 1.54) is 0 Å². The number of hydrogen-bond donors (Lipinski definition) is 2. The molecule has 0 radical (unpaired) electrons. The van der Waals surface area contributed by atoms with Gasteiger partial charge in [-0.25, -0.2) is 0 Å². The molecule has 3 N–H and O–H groups in total. The van der Waals surface area contributed by atoms with Crippen molar-refractivity contribution in [2.75, 3.05) is 5.32 Å². The molecule has 1 fully saturated rings. The lowest BCUT2D eigenvalue weighted by Gasteiger charge is -2.27. The van der Waals surface area contributed by atoms with Gasteiger partial charge in [0, 0.05) is 16.8 Å². The third kappa shape index (κ3) is 3.03. The zero-order valence-corrected chi connectivity index (χ0v) is 11.3. The highest BCUT2D eigenvalue weighted by Gasteiger charge is 2.28. The summed E-state index contributed by atoms with van der Waals surface area (Å²) < 4.78 is 0. The average Bonchev–Trinajstić information content (AvgIpc) is 2.34. The number of rotatable bonds is 2. The van der Waals surface area contributed by atoms with Crippen LogP contribution in [0.25, 0.3) is 0 Å². The van der Waals surface area contributed by atoms with Gasteiger partial charge in [0.2, 0.25) is 5.91 Å². The van der Waals surface area contributed by atoms with Crippen LogP contribution in [-0.2, 0) is 4.79 Å². The van der Waals surface area contributed by atoms with Crippen molar-refractivity contribution in [3.8, 4) is 0 Å². The molecule has 1 saturated carbocycles. The Morgan fingerprint density at radius 1 is 1.39 bits per heavy atom. The van der Waals surface area contributed by atoms with E-state index >= 15 is 0 Å². The zero-order chi connectivity index (χ0) is 13.1. The third-order valence-corrected chi connectivity index (χ3v) is 4.00. The van der Waals surface area contributed by atoms with Gasteiger partial charge < -0.3 is 11.1 Å². The lowest BCUT2D eigenvalue weighted by atomic mass is 9.84. The van der Waals surface area contributed by atoms with Gasteiger partial charge in [-0.3, -0.25) is 4.79 Å². The maximum Gasteiger partial charge on any atom is 0.229 e. The molecule has 0 bridgehead atoms. The molecule has 4 heteroatoms. The van der Waals surface area contributed by atoms with Gasteiger partial charge in [-0.2, -0.15) is 0 Å². The number of anilines is 1. The van der Waals surface area contributed by atoms with Crippen LogP contribution in [-0.4, -0.2) is 11.9 Å². The Balaban J connectivity index is 2.04. The lowest BCUT2D eigenvalue weighted by molar-refractivity contribution is -0.121. The molecule has 3 nitrogen and oxygen atoms in total. The van der Waals surface area contributed by atoms with Gasteiger partial charge in [0.15, 0.2) is 0 Å². The first-order valence-electron chi connectivity index (χ1n) is 6.40. The predicted octanol–water partition coefficient (Wildman–Crippen LogP) is 3.10. The summed E-state index contributed by atoms with van der Waals surface area (Å²) in [5, 5.41) is 3.57. The van der Waals surface area contributed by atoms with Crippen molar-refractivity contribution < 1.29 is 4.79 Å². The number of halogens is 1. The Morgan fingerprint density at radius 2 is 2.11 bits per heavy atom. The van der Waals surface area contributed by atoms with E-state index in [2.05, 4.69) is 5.32 Å². The minimum atomic E-state index is -0.0705. The molecule has 2 unspecified atom stereocenters. The fourth-order valence-corrected chi connectivity index (χ4v) is 2.57. The molecule has 2 rings (SSSR count). The number of nitrogens with one attached hydrogen (secondary N) is 1. The van der Waals surface area contributed by atoms with Crippen molar-refractivity contribution in [2.24, 2.45) is 11.7 Å². The van der Waals surface area contributed by atoms with Gasteiger partial charge in [-0.1, -0.05) is 30.5 Å². The van der Waals surface area contributed by atoms with Gasteiger partial charge >= 0.3 is 0 Å². The highest BCUT2D eigenvalue weighted by atomic mass is 35.5. The number of aryl methyl sites for hydroxylation is 1. The van der Waals surface area contributed by atoms with E-state index in [1.807, 2.05) is 19.1 Å². The van der Waals surface area contributed by atoms with Gasteiger partial charge in [-0.15, -0.1) is 0 Å². The molecule has 0 aromatic heterocycles. The minimum Gasteiger partial charge on any atom is -0.327 e. The standard InChI is InChI=1S/C14H19ClN2O/c1-9-6-7-10(8-12(9)15)17-14(18)11-4-2-3-5-13(11)16/h6-8,11,13H,2-5,16H2,1H3,(H,17,18). The monoisotopic (exact) mass is 266 g/mol. The first-order valence-corrected chi connectivity index (χ1v) is 6.78. The van der Waals surface area contributed by atoms with Gasteiger partial charge in [-0.05, 0) is 37.5 Å². The molecule has 1 aromatic carbocycles. The Bertz CT molecular complexity index is 447. The Kier molecular flexibility index (Phi) is 4.25. The van der Waals surface area contributed by atoms with Crippen molar-refractivity contribution in [1.29, 1.82) is 0 Å².